The molecule has 33 heavy (non-hydrogen) atoms. The zero-order valence-electron chi connectivity index (χ0n) is 18.9. The standard InChI is InChI=1S/C20H18Cl2O.C8H10FN/c1-13-2-8-18(20(22)10-13)19-11-14(12-23)3-9-17(19)15-4-6-16(21)7-5-15;1-10-6-7-2-4-8(9)5-3-7/h2,4-8,10,12,14H,3,9,11H2,1H3;2-5,10H,6H2,1H3. The number of aldehydes is 1. The van der Waals surface area contributed by atoms with Crippen LogP contribution >= 0.6 is 23.2 Å². The highest BCUT2D eigenvalue weighted by molar-refractivity contribution is 6.32. The molecule has 0 aliphatic heterocycles. The number of carbonyl (C=O) groups excluding carboxylic acids is 1. The van der Waals surface area contributed by atoms with Gasteiger partial charge in [-0.25, -0.2) is 4.39 Å². The Morgan fingerprint density at radius 2 is 1.70 bits per heavy atom. The smallest absolute Gasteiger partial charge is 0.123 e. The van der Waals surface area contributed by atoms with Gasteiger partial charge in [0.2, 0.25) is 0 Å². The summed E-state index contributed by atoms with van der Waals surface area (Å²) in [6.07, 6.45) is 3.57. The van der Waals surface area contributed by atoms with Gasteiger partial charge < -0.3 is 10.1 Å². The third-order valence-electron chi connectivity index (χ3n) is 5.72. The van der Waals surface area contributed by atoms with E-state index in [0.717, 1.165) is 64.4 Å². The second-order valence-corrected chi connectivity index (χ2v) is 9.09. The zero-order chi connectivity index (χ0) is 23.8. The number of allylic oxidation sites excluding steroid dienone is 2. The minimum atomic E-state index is -0.181. The zero-order valence-corrected chi connectivity index (χ0v) is 20.4. The van der Waals surface area contributed by atoms with E-state index in [1.165, 1.54) is 23.3 Å². The van der Waals surface area contributed by atoms with Gasteiger partial charge in [0, 0.05) is 22.5 Å². The molecule has 0 fully saturated rings. The number of aryl methyl sites for hydroxylation is 1. The van der Waals surface area contributed by atoms with Crippen LogP contribution in [0.4, 0.5) is 4.39 Å². The Morgan fingerprint density at radius 1 is 1.00 bits per heavy atom. The van der Waals surface area contributed by atoms with E-state index >= 15 is 0 Å². The molecule has 1 N–H and O–H groups in total. The molecule has 0 heterocycles. The summed E-state index contributed by atoms with van der Waals surface area (Å²) in [5, 5.41) is 4.46. The molecule has 0 saturated carbocycles. The Kier molecular flexibility index (Phi) is 9.25. The third kappa shape index (κ3) is 7.01. The Labute approximate surface area is 205 Å². The van der Waals surface area contributed by atoms with Gasteiger partial charge in [0.15, 0.2) is 0 Å². The first-order valence-corrected chi connectivity index (χ1v) is 11.8. The molecule has 1 aliphatic rings. The van der Waals surface area contributed by atoms with Crippen molar-refractivity contribution in [3.05, 3.63) is 105 Å². The van der Waals surface area contributed by atoms with E-state index in [2.05, 4.69) is 17.4 Å². The van der Waals surface area contributed by atoms with Gasteiger partial charge in [-0.3, -0.25) is 0 Å². The molecule has 1 unspecified atom stereocenters. The highest BCUT2D eigenvalue weighted by Crippen LogP contribution is 2.42. The third-order valence-corrected chi connectivity index (χ3v) is 6.29. The van der Waals surface area contributed by atoms with Crippen molar-refractivity contribution in [3.63, 3.8) is 0 Å². The number of hydrogen-bond acceptors (Lipinski definition) is 2. The maximum absolute atomic E-state index is 12.3. The summed E-state index contributed by atoms with van der Waals surface area (Å²) in [5.41, 5.74) is 6.88. The fourth-order valence-corrected chi connectivity index (χ4v) is 4.47. The van der Waals surface area contributed by atoms with Crippen LogP contribution < -0.4 is 5.32 Å². The SMILES string of the molecule is CNCc1ccc(F)cc1.Cc1ccc(C2=C(c3ccc(Cl)cc3)CCC(C=O)C2)c(Cl)c1. The number of rotatable bonds is 5. The summed E-state index contributed by atoms with van der Waals surface area (Å²) in [6.45, 7) is 2.82. The lowest BCUT2D eigenvalue weighted by atomic mass is 9.79. The molecule has 1 atom stereocenters. The van der Waals surface area contributed by atoms with E-state index in [1.807, 2.05) is 44.3 Å². The van der Waals surface area contributed by atoms with Crippen molar-refractivity contribution < 1.29 is 9.18 Å². The lowest BCUT2D eigenvalue weighted by molar-refractivity contribution is -0.111. The van der Waals surface area contributed by atoms with Crippen LogP contribution in [0.5, 0.6) is 0 Å². The lowest BCUT2D eigenvalue weighted by Gasteiger charge is -2.26. The molecule has 0 aromatic heterocycles. The summed E-state index contributed by atoms with van der Waals surface area (Å²) in [7, 11) is 1.86. The van der Waals surface area contributed by atoms with Crippen LogP contribution in [0.25, 0.3) is 11.1 Å². The quantitative estimate of drug-likeness (QED) is 0.375. The Balaban J connectivity index is 0.000000257. The molecule has 4 rings (SSSR count). The van der Waals surface area contributed by atoms with Crippen LogP contribution in [0.15, 0.2) is 66.7 Å². The van der Waals surface area contributed by atoms with Crippen LogP contribution in [-0.4, -0.2) is 13.3 Å². The Bertz CT molecular complexity index is 1110. The molecule has 172 valence electrons. The molecule has 0 radical (unpaired) electrons. The predicted octanol–water partition coefficient (Wildman–Crippen LogP) is 7.76. The van der Waals surface area contributed by atoms with Crippen LogP contribution in [0.3, 0.4) is 0 Å². The number of nitrogens with one attached hydrogen (secondary N) is 1. The monoisotopic (exact) mass is 483 g/mol. The largest absolute Gasteiger partial charge is 0.316 e. The van der Waals surface area contributed by atoms with Gasteiger partial charge >= 0.3 is 0 Å². The van der Waals surface area contributed by atoms with Crippen molar-refractivity contribution in [2.45, 2.75) is 32.7 Å². The van der Waals surface area contributed by atoms with Crippen molar-refractivity contribution in [1.29, 1.82) is 0 Å². The first-order valence-electron chi connectivity index (χ1n) is 11.0. The van der Waals surface area contributed by atoms with Crippen molar-refractivity contribution in [2.75, 3.05) is 7.05 Å². The first-order chi connectivity index (χ1) is 15.9. The topological polar surface area (TPSA) is 29.1 Å². The maximum atomic E-state index is 12.3. The number of halogens is 3. The summed E-state index contributed by atoms with van der Waals surface area (Å²) < 4.78 is 12.3. The molecular weight excluding hydrogens is 456 g/mol. The van der Waals surface area contributed by atoms with Crippen LogP contribution in [0, 0.1) is 18.7 Å². The fraction of sp³-hybridized carbons (Fsp3) is 0.250. The average Bonchev–Trinajstić information content (AvgIpc) is 2.81. The normalized spacial score (nSPS) is 15.6. The maximum Gasteiger partial charge on any atom is 0.123 e. The van der Waals surface area contributed by atoms with E-state index in [4.69, 9.17) is 23.2 Å². The van der Waals surface area contributed by atoms with Crippen LogP contribution in [0.1, 0.15) is 41.5 Å². The van der Waals surface area contributed by atoms with Gasteiger partial charge in [-0.2, -0.15) is 0 Å². The summed E-state index contributed by atoms with van der Waals surface area (Å²) in [6, 6.07) is 20.5. The molecule has 0 bridgehead atoms. The summed E-state index contributed by atoms with van der Waals surface area (Å²) in [5.74, 6) is -0.113. The highest BCUT2D eigenvalue weighted by atomic mass is 35.5. The average molecular weight is 484 g/mol. The first kappa shape index (κ1) is 25.2. The molecule has 3 aromatic rings. The van der Waals surface area contributed by atoms with Gasteiger partial charge in [-0.05, 0) is 97.0 Å². The van der Waals surface area contributed by atoms with Crippen molar-refractivity contribution in [1.82, 2.24) is 5.32 Å². The van der Waals surface area contributed by atoms with E-state index < -0.39 is 0 Å². The summed E-state index contributed by atoms with van der Waals surface area (Å²) in [4.78, 5) is 11.3. The van der Waals surface area contributed by atoms with Crippen LogP contribution in [-0.2, 0) is 11.3 Å². The van der Waals surface area contributed by atoms with Crippen molar-refractivity contribution in [3.8, 4) is 0 Å². The van der Waals surface area contributed by atoms with E-state index in [1.54, 1.807) is 12.1 Å². The second-order valence-electron chi connectivity index (χ2n) is 8.24. The molecule has 0 spiro atoms. The van der Waals surface area contributed by atoms with Crippen molar-refractivity contribution in [2.24, 2.45) is 5.92 Å². The molecule has 3 aromatic carbocycles. The van der Waals surface area contributed by atoms with Crippen molar-refractivity contribution >= 4 is 40.6 Å². The molecular formula is C28H28Cl2FNO. The number of benzene rings is 3. The lowest BCUT2D eigenvalue weighted by Crippen LogP contribution is -2.11. The second kappa shape index (κ2) is 12.1. The predicted molar refractivity (Wildman–Crippen MR) is 137 cm³/mol. The minimum absolute atomic E-state index is 0.0680. The fourth-order valence-electron chi connectivity index (χ4n) is 4.00. The molecule has 5 heteroatoms. The van der Waals surface area contributed by atoms with E-state index in [-0.39, 0.29) is 11.7 Å². The Morgan fingerprint density at radius 3 is 2.30 bits per heavy atom. The number of hydrogen-bond donors (Lipinski definition) is 1. The number of carbonyl (C=O) groups is 1. The van der Waals surface area contributed by atoms with E-state index in [0.29, 0.717) is 0 Å². The molecule has 2 nitrogen and oxygen atoms in total. The van der Waals surface area contributed by atoms with Gasteiger partial charge in [0.05, 0.1) is 0 Å². The highest BCUT2D eigenvalue weighted by Gasteiger charge is 2.24. The molecule has 0 amide bonds. The van der Waals surface area contributed by atoms with Gasteiger partial charge in [-0.1, -0.05) is 59.6 Å². The van der Waals surface area contributed by atoms with Gasteiger partial charge in [0.1, 0.15) is 12.1 Å². The van der Waals surface area contributed by atoms with Gasteiger partial charge in [0.25, 0.3) is 0 Å². The molecule has 0 saturated heterocycles. The Hall–Kier alpha value is -2.46. The minimum Gasteiger partial charge on any atom is -0.316 e. The van der Waals surface area contributed by atoms with Crippen LogP contribution in [0.2, 0.25) is 10.0 Å². The summed E-state index contributed by atoms with van der Waals surface area (Å²) >= 11 is 12.5. The van der Waals surface area contributed by atoms with Gasteiger partial charge in [-0.15, -0.1) is 0 Å². The molecule has 1 aliphatic carbocycles. The van der Waals surface area contributed by atoms with E-state index in [9.17, 15) is 9.18 Å².